The van der Waals surface area contributed by atoms with Crippen LogP contribution in [-0.2, 0) is 0 Å². The van der Waals surface area contributed by atoms with Gasteiger partial charge in [-0.2, -0.15) is 0 Å². The summed E-state index contributed by atoms with van der Waals surface area (Å²) in [7, 11) is 0. The van der Waals surface area contributed by atoms with Crippen LogP contribution >= 0.6 is 12.4 Å². The second-order valence-electron chi connectivity index (χ2n) is 5.44. The van der Waals surface area contributed by atoms with Crippen molar-refractivity contribution in [3.05, 3.63) is 60.2 Å². The molecule has 1 atom stereocenters. The lowest BCUT2D eigenvalue weighted by Gasteiger charge is -2.27. The number of hydrogen-bond acceptors (Lipinski definition) is 2. The van der Waals surface area contributed by atoms with Crippen LogP contribution in [0, 0.1) is 0 Å². The van der Waals surface area contributed by atoms with E-state index in [1.54, 1.807) is 0 Å². The van der Waals surface area contributed by atoms with Crippen molar-refractivity contribution in [2.24, 2.45) is 0 Å². The SMILES string of the molecule is Cl.c1ccc2c([C@@H]3CNCCN3)c3ccccc3cc2c1. The van der Waals surface area contributed by atoms with E-state index in [0.717, 1.165) is 19.6 Å². The number of fused-ring (bicyclic) bond motifs is 2. The second kappa shape index (κ2) is 6.02. The molecule has 1 aliphatic heterocycles. The van der Waals surface area contributed by atoms with E-state index in [9.17, 15) is 0 Å². The Morgan fingerprint density at radius 1 is 0.810 bits per heavy atom. The van der Waals surface area contributed by atoms with Crippen LogP contribution in [-0.4, -0.2) is 19.6 Å². The van der Waals surface area contributed by atoms with Gasteiger partial charge in [0.05, 0.1) is 0 Å². The molecule has 0 radical (unpaired) electrons. The fourth-order valence-corrected chi connectivity index (χ4v) is 3.28. The number of rotatable bonds is 1. The molecule has 1 saturated heterocycles. The maximum atomic E-state index is 3.66. The number of benzene rings is 3. The van der Waals surface area contributed by atoms with Gasteiger partial charge in [0.2, 0.25) is 0 Å². The van der Waals surface area contributed by atoms with Crippen molar-refractivity contribution >= 4 is 34.0 Å². The summed E-state index contributed by atoms with van der Waals surface area (Å²) in [5, 5.41) is 12.5. The highest BCUT2D eigenvalue weighted by molar-refractivity contribution is 6.02. The van der Waals surface area contributed by atoms with Crippen LogP contribution in [0.25, 0.3) is 21.5 Å². The first kappa shape index (κ1) is 14.3. The van der Waals surface area contributed by atoms with Crippen LogP contribution in [0.2, 0.25) is 0 Å². The molecule has 0 saturated carbocycles. The Labute approximate surface area is 131 Å². The smallest absolute Gasteiger partial charge is 0.0459 e. The predicted molar refractivity (Wildman–Crippen MR) is 92.3 cm³/mol. The normalized spacial score (nSPS) is 18.6. The molecular weight excluding hydrogens is 280 g/mol. The van der Waals surface area contributed by atoms with Gasteiger partial charge < -0.3 is 10.6 Å². The van der Waals surface area contributed by atoms with Gasteiger partial charge in [0.15, 0.2) is 0 Å². The third kappa shape index (κ3) is 2.51. The molecule has 2 nitrogen and oxygen atoms in total. The third-order valence-electron chi connectivity index (χ3n) is 4.20. The van der Waals surface area contributed by atoms with Crippen LogP contribution in [0.4, 0.5) is 0 Å². The number of nitrogens with one attached hydrogen (secondary N) is 2. The average molecular weight is 299 g/mol. The van der Waals surface area contributed by atoms with Crippen molar-refractivity contribution in [1.82, 2.24) is 10.6 Å². The molecule has 108 valence electrons. The fourth-order valence-electron chi connectivity index (χ4n) is 3.28. The van der Waals surface area contributed by atoms with Crippen LogP contribution in [0.15, 0.2) is 54.6 Å². The molecule has 0 aliphatic carbocycles. The first-order chi connectivity index (χ1) is 9.93. The van der Waals surface area contributed by atoms with Crippen molar-refractivity contribution in [2.75, 3.05) is 19.6 Å². The van der Waals surface area contributed by atoms with Gasteiger partial charge >= 0.3 is 0 Å². The minimum atomic E-state index is 0. The second-order valence-corrected chi connectivity index (χ2v) is 5.44. The summed E-state index contributed by atoms with van der Waals surface area (Å²) in [5.41, 5.74) is 1.44. The van der Waals surface area contributed by atoms with Crippen LogP contribution in [0.1, 0.15) is 11.6 Å². The topological polar surface area (TPSA) is 24.1 Å². The first-order valence-electron chi connectivity index (χ1n) is 7.28. The summed E-state index contributed by atoms with van der Waals surface area (Å²) in [6.45, 7) is 3.08. The van der Waals surface area contributed by atoms with E-state index in [2.05, 4.69) is 65.2 Å². The van der Waals surface area contributed by atoms with E-state index in [1.807, 2.05) is 0 Å². The molecule has 3 aromatic carbocycles. The zero-order valence-corrected chi connectivity index (χ0v) is 12.6. The minimum Gasteiger partial charge on any atom is -0.314 e. The molecule has 0 aromatic heterocycles. The van der Waals surface area contributed by atoms with Crippen LogP contribution < -0.4 is 10.6 Å². The molecule has 4 rings (SSSR count). The Balaban J connectivity index is 0.00000132. The zero-order chi connectivity index (χ0) is 13.4. The number of halogens is 1. The van der Waals surface area contributed by atoms with Gasteiger partial charge in [-0.25, -0.2) is 0 Å². The summed E-state index contributed by atoms with van der Waals surface area (Å²) in [5.74, 6) is 0. The first-order valence-corrected chi connectivity index (χ1v) is 7.28. The molecule has 21 heavy (non-hydrogen) atoms. The quantitative estimate of drug-likeness (QED) is 0.670. The van der Waals surface area contributed by atoms with Crippen molar-refractivity contribution in [3.8, 4) is 0 Å². The average Bonchev–Trinajstić information content (AvgIpc) is 2.53. The molecule has 0 bridgehead atoms. The molecule has 3 heteroatoms. The molecule has 1 aliphatic rings. The summed E-state index contributed by atoms with van der Waals surface area (Å²) >= 11 is 0. The van der Waals surface area contributed by atoms with E-state index in [-0.39, 0.29) is 12.4 Å². The molecular formula is C18H19ClN2. The van der Waals surface area contributed by atoms with Crippen LogP contribution in [0.5, 0.6) is 0 Å². The minimum absolute atomic E-state index is 0. The van der Waals surface area contributed by atoms with Gasteiger partial charge in [-0.1, -0.05) is 48.5 Å². The molecule has 2 N–H and O–H groups in total. The van der Waals surface area contributed by atoms with Gasteiger partial charge in [0.1, 0.15) is 0 Å². The van der Waals surface area contributed by atoms with E-state index in [1.165, 1.54) is 27.1 Å². The van der Waals surface area contributed by atoms with Gasteiger partial charge in [-0.05, 0) is 33.2 Å². The molecule has 0 amide bonds. The lowest BCUT2D eigenvalue weighted by Crippen LogP contribution is -2.42. The summed E-state index contributed by atoms with van der Waals surface area (Å²) in [6, 6.07) is 20.1. The van der Waals surface area contributed by atoms with E-state index < -0.39 is 0 Å². The van der Waals surface area contributed by atoms with Gasteiger partial charge in [-0.15, -0.1) is 12.4 Å². The zero-order valence-electron chi connectivity index (χ0n) is 11.8. The largest absolute Gasteiger partial charge is 0.314 e. The predicted octanol–water partition coefficient (Wildman–Crippen LogP) is 3.65. The Hall–Kier alpha value is -1.61. The Bertz CT molecular complexity index is 709. The molecule has 1 heterocycles. The van der Waals surface area contributed by atoms with Crippen molar-refractivity contribution in [1.29, 1.82) is 0 Å². The Morgan fingerprint density at radius 2 is 1.43 bits per heavy atom. The fraction of sp³-hybridized carbons (Fsp3) is 0.222. The highest BCUT2D eigenvalue weighted by Crippen LogP contribution is 2.32. The number of piperazine rings is 1. The van der Waals surface area contributed by atoms with Crippen molar-refractivity contribution < 1.29 is 0 Å². The van der Waals surface area contributed by atoms with Gasteiger partial charge in [0, 0.05) is 25.7 Å². The summed E-state index contributed by atoms with van der Waals surface area (Å²) in [4.78, 5) is 0. The monoisotopic (exact) mass is 298 g/mol. The number of hydrogen-bond donors (Lipinski definition) is 2. The lowest BCUT2D eigenvalue weighted by molar-refractivity contribution is 0.434. The highest BCUT2D eigenvalue weighted by Gasteiger charge is 2.19. The molecule has 3 aromatic rings. The molecule has 0 unspecified atom stereocenters. The van der Waals surface area contributed by atoms with E-state index in [4.69, 9.17) is 0 Å². The maximum Gasteiger partial charge on any atom is 0.0459 e. The lowest BCUT2D eigenvalue weighted by atomic mass is 9.91. The highest BCUT2D eigenvalue weighted by atomic mass is 35.5. The Morgan fingerprint density at radius 3 is 2.00 bits per heavy atom. The Kier molecular flexibility index (Phi) is 4.11. The molecule has 1 fully saturated rings. The maximum absolute atomic E-state index is 3.66. The van der Waals surface area contributed by atoms with E-state index >= 15 is 0 Å². The standard InChI is InChI=1S/C18H18N2.ClH/c1-3-7-15-13(5-1)11-14-6-2-4-8-16(14)18(15)17-12-19-9-10-20-17;/h1-8,11,17,19-20H,9-10,12H2;1H/t17-;/m0./s1. The van der Waals surface area contributed by atoms with Crippen molar-refractivity contribution in [2.45, 2.75) is 6.04 Å². The van der Waals surface area contributed by atoms with Gasteiger partial charge in [0.25, 0.3) is 0 Å². The van der Waals surface area contributed by atoms with E-state index in [0.29, 0.717) is 6.04 Å². The third-order valence-corrected chi connectivity index (χ3v) is 4.20. The summed E-state index contributed by atoms with van der Waals surface area (Å²) in [6.07, 6.45) is 0. The van der Waals surface area contributed by atoms with Gasteiger partial charge in [-0.3, -0.25) is 0 Å². The molecule has 0 spiro atoms. The van der Waals surface area contributed by atoms with Crippen LogP contribution in [0.3, 0.4) is 0 Å². The van der Waals surface area contributed by atoms with Crippen molar-refractivity contribution in [3.63, 3.8) is 0 Å². The summed E-state index contributed by atoms with van der Waals surface area (Å²) < 4.78 is 0.